The van der Waals surface area contributed by atoms with Gasteiger partial charge in [-0.05, 0) is 24.1 Å². The van der Waals surface area contributed by atoms with Gasteiger partial charge in [-0.25, -0.2) is 4.79 Å². The van der Waals surface area contributed by atoms with Gasteiger partial charge >= 0.3 is 17.8 Å². The summed E-state index contributed by atoms with van der Waals surface area (Å²) in [7, 11) is 3.01. The highest BCUT2D eigenvalue weighted by Crippen LogP contribution is 2.34. The molecular formula is C15H17BrN2O5. The number of benzene rings is 1. The third kappa shape index (κ3) is 3.17. The Morgan fingerprint density at radius 3 is 2.13 bits per heavy atom. The van der Waals surface area contributed by atoms with Gasteiger partial charge in [-0.1, -0.05) is 22.9 Å². The maximum atomic E-state index is 12.2. The molecule has 23 heavy (non-hydrogen) atoms. The lowest BCUT2D eigenvalue weighted by atomic mass is 10.2. The number of rotatable bonds is 6. The fraction of sp³-hybridized carbons (Fsp3) is 0.400. The van der Waals surface area contributed by atoms with Crippen molar-refractivity contribution >= 4 is 33.8 Å². The van der Waals surface area contributed by atoms with Gasteiger partial charge in [-0.3, -0.25) is 19.4 Å². The topological polar surface area (TPSA) is 76.2 Å². The van der Waals surface area contributed by atoms with Crippen molar-refractivity contribution in [1.29, 1.82) is 0 Å². The van der Waals surface area contributed by atoms with Crippen LogP contribution in [0.1, 0.15) is 18.9 Å². The fourth-order valence-corrected chi connectivity index (χ4v) is 2.75. The number of carbonyl (C=O) groups is 3. The Labute approximate surface area is 142 Å². The molecule has 0 aliphatic carbocycles. The molecule has 1 fully saturated rings. The van der Waals surface area contributed by atoms with Crippen LogP contribution in [0.4, 0.5) is 4.79 Å². The summed E-state index contributed by atoms with van der Waals surface area (Å²) in [6.07, 6.45) is 0.596. The summed E-state index contributed by atoms with van der Waals surface area (Å²) >= 11 is 3.38. The monoisotopic (exact) mass is 384 g/mol. The Balaban J connectivity index is 2.30. The minimum Gasteiger partial charge on any atom is -0.493 e. The number of methoxy groups -OCH3 is 2. The van der Waals surface area contributed by atoms with Crippen LogP contribution in [0.2, 0.25) is 0 Å². The average molecular weight is 385 g/mol. The zero-order chi connectivity index (χ0) is 17.1. The molecule has 0 unspecified atom stereocenters. The molecule has 0 N–H and O–H groups in total. The summed E-state index contributed by atoms with van der Waals surface area (Å²) in [6.45, 7) is 2.04. The van der Waals surface area contributed by atoms with Crippen LogP contribution in [-0.4, -0.2) is 48.4 Å². The van der Waals surface area contributed by atoms with Crippen LogP contribution in [0.3, 0.4) is 0 Å². The Kier molecular flexibility index (Phi) is 5.25. The molecule has 0 spiro atoms. The van der Waals surface area contributed by atoms with Gasteiger partial charge in [0.2, 0.25) is 0 Å². The first-order chi connectivity index (χ1) is 10.9. The predicted octanol–water partition coefficient (Wildman–Crippen LogP) is 2.17. The summed E-state index contributed by atoms with van der Waals surface area (Å²) in [5, 5.41) is 0. The van der Waals surface area contributed by atoms with E-state index in [1.54, 1.807) is 12.1 Å². The molecule has 2 rings (SSSR count). The molecule has 8 heteroatoms. The number of halogens is 1. The molecule has 1 aliphatic rings. The van der Waals surface area contributed by atoms with Crippen LogP contribution < -0.4 is 9.47 Å². The van der Waals surface area contributed by atoms with E-state index in [0.717, 1.165) is 9.80 Å². The van der Waals surface area contributed by atoms with E-state index in [9.17, 15) is 14.4 Å². The quantitative estimate of drug-likeness (QED) is 0.554. The minimum atomic E-state index is -0.815. The minimum absolute atomic E-state index is 0.0233. The number of amides is 4. The average Bonchev–Trinajstić information content (AvgIpc) is 2.74. The lowest BCUT2D eigenvalue weighted by Crippen LogP contribution is -2.33. The van der Waals surface area contributed by atoms with Crippen molar-refractivity contribution in [3.63, 3.8) is 0 Å². The normalized spacial score (nSPS) is 14.7. The molecule has 0 saturated carbocycles. The van der Waals surface area contributed by atoms with E-state index in [1.807, 2.05) is 6.92 Å². The van der Waals surface area contributed by atoms with Gasteiger partial charge in [0.1, 0.15) is 0 Å². The number of imide groups is 2. The summed E-state index contributed by atoms with van der Waals surface area (Å²) in [4.78, 5) is 38.1. The molecule has 7 nitrogen and oxygen atoms in total. The van der Waals surface area contributed by atoms with Gasteiger partial charge in [-0.2, -0.15) is 0 Å². The maximum absolute atomic E-state index is 12.2. The second-order valence-electron chi connectivity index (χ2n) is 4.93. The van der Waals surface area contributed by atoms with Crippen LogP contribution in [-0.2, 0) is 16.1 Å². The number of nitrogens with zero attached hydrogens (tertiary/aromatic N) is 2. The van der Waals surface area contributed by atoms with Crippen LogP contribution in [0, 0.1) is 0 Å². The van der Waals surface area contributed by atoms with E-state index >= 15 is 0 Å². The number of ether oxygens (including phenoxy) is 2. The van der Waals surface area contributed by atoms with Crippen molar-refractivity contribution in [2.45, 2.75) is 19.9 Å². The van der Waals surface area contributed by atoms with Gasteiger partial charge in [0.25, 0.3) is 0 Å². The van der Waals surface area contributed by atoms with Crippen molar-refractivity contribution < 1.29 is 23.9 Å². The molecule has 1 heterocycles. The first kappa shape index (κ1) is 17.3. The molecule has 0 radical (unpaired) electrons. The van der Waals surface area contributed by atoms with E-state index in [1.165, 1.54) is 14.2 Å². The largest absolute Gasteiger partial charge is 0.493 e. The lowest BCUT2D eigenvalue weighted by Gasteiger charge is -2.17. The smallest absolute Gasteiger partial charge is 0.334 e. The number of hydrogen-bond donors (Lipinski definition) is 0. The predicted molar refractivity (Wildman–Crippen MR) is 85.2 cm³/mol. The molecule has 0 aromatic heterocycles. The summed E-state index contributed by atoms with van der Waals surface area (Å²) in [5.74, 6) is -0.606. The third-order valence-corrected chi connectivity index (χ3v) is 4.20. The summed E-state index contributed by atoms with van der Waals surface area (Å²) < 4.78 is 11.1. The SMILES string of the molecule is CCCN1C(=O)C(=O)N(Cc2cc(OC)c(OC)cc2Br)C1=O. The standard InChI is InChI=1S/C15H17BrN2O5/c1-4-5-17-13(19)14(20)18(15(17)21)8-9-6-11(22-2)12(23-3)7-10(9)16/h6-7H,4-5,8H2,1-3H3. The van der Waals surface area contributed by atoms with Crippen LogP contribution in [0.25, 0.3) is 0 Å². The molecule has 1 aliphatic heterocycles. The zero-order valence-corrected chi connectivity index (χ0v) is 14.7. The van der Waals surface area contributed by atoms with Gasteiger partial charge in [0, 0.05) is 11.0 Å². The number of hydrogen-bond acceptors (Lipinski definition) is 5. The van der Waals surface area contributed by atoms with E-state index in [4.69, 9.17) is 9.47 Å². The van der Waals surface area contributed by atoms with Gasteiger partial charge in [0.05, 0.1) is 20.8 Å². The van der Waals surface area contributed by atoms with Crippen molar-refractivity contribution in [2.75, 3.05) is 20.8 Å². The first-order valence-electron chi connectivity index (χ1n) is 7.02. The van der Waals surface area contributed by atoms with Crippen molar-refractivity contribution in [3.05, 3.63) is 22.2 Å². The number of urea groups is 1. The Morgan fingerprint density at radius 2 is 1.57 bits per heavy atom. The van der Waals surface area contributed by atoms with Crippen LogP contribution in [0.5, 0.6) is 11.5 Å². The highest BCUT2D eigenvalue weighted by atomic mass is 79.9. The first-order valence-corrected chi connectivity index (χ1v) is 7.81. The van der Waals surface area contributed by atoms with Crippen molar-refractivity contribution in [2.24, 2.45) is 0 Å². The molecule has 0 bridgehead atoms. The maximum Gasteiger partial charge on any atom is 0.334 e. The van der Waals surface area contributed by atoms with E-state index in [-0.39, 0.29) is 13.1 Å². The van der Waals surface area contributed by atoms with Crippen LogP contribution in [0.15, 0.2) is 16.6 Å². The van der Waals surface area contributed by atoms with E-state index in [2.05, 4.69) is 15.9 Å². The molecule has 1 aromatic carbocycles. The second-order valence-corrected chi connectivity index (χ2v) is 5.78. The van der Waals surface area contributed by atoms with E-state index in [0.29, 0.717) is 28.0 Å². The Hall–Kier alpha value is -2.09. The van der Waals surface area contributed by atoms with Crippen molar-refractivity contribution in [3.8, 4) is 11.5 Å². The second kappa shape index (κ2) is 6.99. The Morgan fingerprint density at radius 1 is 1.00 bits per heavy atom. The van der Waals surface area contributed by atoms with Gasteiger partial charge < -0.3 is 9.47 Å². The van der Waals surface area contributed by atoms with E-state index < -0.39 is 17.8 Å². The fourth-order valence-electron chi connectivity index (χ4n) is 2.30. The molecule has 4 amide bonds. The zero-order valence-electron chi connectivity index (χ0n) is 13.1. The highest BCUT2D eigenvalue weighted by Gasteiger charge is 2.44. The molecular weight excluding hydrogens is 368 g/mol. The summed E-state index contributed by atoms with van der Waals surface area (Å²) in [6, 6.07) is 2.75. The Bertz CT molecular complexity index is 662. The molecule has 124 valence electrons. The molecule has 1 aromatic rings. The summed E-state index contributed by atoms with van der Waals surface area (Å²) in [5.41, 5.74) is 0.635. The van der Waals surface area contributed by atoms with Gasteiger partial charge in [0.15, 0.2) is 11.5 Å². The lowest BCUT2D eigenvalue weighted by molar-refractivity contribution is -0.143. The van der Waals surface area contributed by atoms with Gasteiger partial charge in [-0.15, -0.1) is 0 Å². The molecule has 1 saturated heterocycles. The number of carbonyl (C=O) groups excluding carboxylic acids is 3. The third-order valence-electron chi connectivity index (χ3n) is 3.46. The molecule has 0 atom stereocenters. The van der Waals surface area contributed by atoms with Crippen molar-refractivity contribution in [1.82, 2.24) is 9.80 Å². The highest BCUT2D eigenvalue weighted by molar-refractivity contribution is 9.10. The van der Waals surface area contributed by atoms with Crippen LogP contribution >= 0.6 is 15.9 Å².